The molecule has 90 valence electrons. The van der Waals surface area contributed by atoms with Gasteiger partial charge in [0.15, 0.2) is 5.13 Å². The predicted octanol–water partition coefficient (Wildman–Crippen LogP) is 1.81. The van der Waals surface area contributed by atoms with Gasteiger partial charge < -0.3 is 10.6 Å². The van der Waals surface area contributed by atoms with Crippen molar-refractivity contribution >= 4 is 34.8 Å². The SMILES string of the molecule is Cc1csc(NC(=O)CC2CCNC2)n1.Cl. The maximum Gasteiger partial charge on any atom is 0.226 e. The minimum Gasteiger partial charge on any atom is -0.316 e. The van der Waals surface area contributed by atoms with Crippen LogP contribution in [0.4, 0.5) is 5.13 Å². The molecule has 0 aliphatic carbocycles. The Balaban J connectivity index is 0.00000128. The van der Waals surface area contributed by atoms with Gasteiger partial charge in [0.2, 0.25) is 5.91 Å². The summed E-state index contributed by atoms with van der Waals surface area (Å²) in [5, 5.41) is 8.73. The van der Waals surface area contributed by atoms with E-state index in [9.17, 15) is 4.79 Å². The van der Waals surface area contributed by atoms with Gasteiger partial charge in [0, 0.05) is 11.8 Å². The van der Waals surface area contributed by atoms with Crippen LogP contribution < -0.4 is 10.6 Å². The summed E-state index contributed by atoms with van der Waals surface area (Å²) < 4.78 is 0. The largest absolute Gasteiger partial charge is 0.316 e. The highest BCUT2D eigenvalue weighted by Crippen LogP contribution is 2.17. The number of hydrogen-bond acceptors (Lipinski definition) is 4. The molecule has 1 aromatic heterocycles. The van der Waals surface area contributed by atoms with Gasteiger partial charge >= 0.3 is 0 Å². The lowest BCUT2D eigenvalue weighted by Crippen LogP contribution is -2.18. The van der Waals surface area contributed by atoms with Crippen LogP contribution in [0.3, 0.4) is 0 Å². The third-order valence-corrected chi connectivity index (χ3v) is 3.38. The number of thiazole rings is 1. The highest BCUT2D eigenvalue weighted by atomic mass is 35.5. The lowest BCUT2D eigenvalue weighted by atomic mass is 10.1. The molecule has 1 atom stereocenters. The number of hydrogen-bond donors (Lipinski definition) is 2. The fourth-order valence-corrected chi connectivity index (χ4v) is 2.44. The van der Waals surface area contributed by atoms with E-state index in [2.05, 4.69) is 15.6 Å². The summed E-state index contributed by atoms with van der Waals surface area (Å²) in [6.07, 6.45) is 1.70. The van der Waals surface area contributed by atoms with E-state index < -0.39 is 0 Å². The van der Waals surface area contributed by atoms with E-state index in [0.717, 1.165) is 25.2 Å². The van der Waals surface area contributed by atoms with Crippen LogP contribution in [-0.2, 0) is 4.79 Å². The van der Waals surface area contributed by atoms with Crippen LogP contribution in [0, 0.1) is 12.8 Å². The first-order valence-electron chi connectivity index (χ1n) is 5.17. The van der Waals surface area contributed by atoms with Crippen LogP contribution in [-0.4, -0.2) is 24.0 Å². The molecule has 0 radical (unpaired) electrons. The van der Waals surface area contributed by atoms with E-state index in [4.69, 9.17) is 0 Å². The molecule has 4 nitrogen and oxygen atoms in total. The zero-order valence-corrected chi connectivity index (χ0v) is 10.8. The molecule has 0 saturated carbocycles. The maximum absolute atomic E-state index is 11.6. The molecule has 1 saturated heterocycles. The molecule has 0 bridgehead atoms. The Kier molecular flexibility index (Phi) is 5.18. The van der Waals surface area contributed by atoms with E-state index >= 15 is 0 Å². The Bertz CT molecular complexity index is 350. The summed E-state index contributed by atoms with van der Waals surface area (Å²) in [7, 11) is 0. The Labute approximate surface area is 105 Å². The molecule has 0 aromatic carbocycles. The molecule has 2 rings (SSSR count). The molecule has 1 amide bonds. The molecule has 0 spiro atoms. The topological polar surface area (TPSA) is 54.0 Å². The average Bonchev–Trinajstić information content (AvgIpc) is 2.77. The second kappa shape index (κ2) is 6.18. The monoisotopic (exact) mass is 261 g/mol. The lowest BCUT2D eigenvalue weighted by molar-refractivity contribution is -0.116. The Hall–Kier alpha value is -0.650. The van der Waals surface area contributed by atoms with Crippen LogP contribution >= 0.6 is 23.7 Å². The first kappa shape index (κ1) is 13.4. The third kappa shape index (κ3) is 3.73. The molecule has 16 heavy (non-hydrogen) atoms. The van der Waals surface area contributed by atoms with Gasteiger partial charge in [-0.2, -0.15) is 0 Å². The maximum atomic E-state index is 11.6. The number of aromatic nitrogens is 1. The summed E-state index contributed by atoms with van der Waals surface area (Å²) in [6.45, 7) is 3.92. The van der Waals surface area contributed by atoms with Crippen LogP contribution in [0.1, 0.15) is 18.5 Å². The Morgan fingerprint density at radius 3 is 3.12 bits per heavy atom. The van der Waals surface area contributed by atoms with Crippen LogP contribution in [0.15, 0.2) is 5.38 Å². The van der Waals surface area contributed by atoms with E-state index in [0.29, 0.717) is 17.5 Å². The second-order valence-electron chi connectivity index (χ2n) is 3.91. The van der Waals surface area contributed by atoms with Crippen molar-refractivity contribution < 1.29 is 4.79 Å². The summed E-state index contributed by atoms with van der Waals surface area (Å²) >= 11 is 1.48. The number of nitrogens with one attached hydrogen (secondary N) is 2. The van der Waals surface area contributed by atoms with Crippen LogP contribution in [0.5, 0.6) is 0 Å². The highest BCUT2D eigenvalue weighted by Gasteiger charge is 2.18. The zero-order valence-electron chi connectivity index (χ0n) is 9.16. The normalized spacial score (nSPS) is 19.2. The second-order valence-corrected chi connectivity index (χ2v) is 4.76. The quantitative estimate of drug-likeness (QED) is 0.873. The number of amides is 1. The van der Waals surface area contributed by atoms with Gasteiger partial charge in [-0.05, 0) is 32.4 Å². The van der Waals surface area contributed by atoms with E-state index in [1.165, 1.54) is 11.3 Å². The van der Waals surface area contributed by atoms with Crippen molar-refractivity contribution in [1.29, 1.82) is 0 Å². The van der Waals surface area contributed by atoms with Gasteiger partial charge in [0.05, 0.1) is 5.69 Å². The van der Waals surface area contributed by atoms with Crippen molar-refractivity contribution in [2.24, 2.45) is 5.92 Å². The van der Waals surface area contributed by atoms with Gasteiger partial charge in [-0.1, -0.05) is 0 Å². The number of halogens is 1. The van der Waals surface area contributed by atoms with Crippen molar-refractivity contribution in [2.75, 3.05) is 18.4 Å². The molecule has 1 aliphatic rings. The van der Waals surface area contributed by atoms with Gasteiger partial charge in [-0.15, -0.1) is 23.7 Å². The first-order valence-corrected chi connectivity index (χ1v) is 6.04. The summed E-state index contributed by atoms with van der Waals surface area (Å²) in [6, 6.07) is 0. The minimum atomic E-state index is 0. The molecule has 1 unspecified atom stereocenters. The molecule has 2 N–H and O–H groups in total. The van der Waals surface area contributed by atoms with Crippen LogP contribution in [0.25, 0.3) is 0 Å². The molecular weight excluding hydrogens is 246 g/mol. The molecule has 2 heterocycles. The fourth-order valence-electron chi connectivity index (χ4n) is 1.73. The van der Waals surface area contributed by atoms with Gasteiger partial charge in [-0.25, -0.2) is 4.98 Å². The van der Waals surface area contributed by atoms with Crippen molar-refractivity contribution in [3.63, 3.8) is 0 Å². The Morgan fingerprint density at radius 1 is 1.75 bits per heavy atom. The third-order valence-electron chi connectivity index (χ3n) is 2.50. The van der Waals surface area contributed by atoms with E-state index in [1.54, 1.807) is 0 Å². The van der Waals surface area contributed by atoms with Crippen molar-refractivity contribution in [3.05, 3.63) is 11.1 Å². The summed E-state index contributed by atoms with van der Waals surface area (Å²) in [5.74, 6) is 0.573. The lowest BCUT2D eigenvalue weighted by Gasteiger charge is -2.06. The van der Waals surface area contributed by atoms with Gasteiger partial charge in [-0.3, -0.25) is 4.79 Å². The number of nitrogens with zero attached hydrogens (tertiary/aromatic N) is 1. The number of carbonyl (C=O) groups excluding carboxylic acids is 1. The molecule has 6 heteroatoms. The van der Waals surface area contributed by atoms with Gasteiger partial charge in [0.25, 0.3) is 0 Å². The van der Waals surface area contributed by atoms with Crippen LogP contribution in [0.2, 0.25) is 0 Å². The standard InChI is InChI=1S/C10H15N3OS.ClH/c1-7-6-15-10(12-7)13-9(14)4-8-2-3-11-5-8;/h6,8,11H,2-5H2,1H3,(H,12,13,14);1H. The predicted molar refractivity (Wildman–Crippen MR) is 68.3 cm³/mol. The van der Waals surface area contributed by atoms with Crippen molar-refractivity contribution in [1.82, 2.24) is 10.3 Å². The number of rotatable bonds is 3. The number of aryl methyl sites for hydroxylation is 1. The number of anilines is 1. The van der Waals surface area contributed by atoms with Gasteiger partial charge in [0.1, 0.15) is 0 Å². The fraction of sp³-hybridized carbons (Fsp3) is 0.600. The highest BCUT2D eigenvalue weighted by molar-refractivity contribution is 7.13. The summed E-state index contributed by atoms with van der Waals surface area (Å²) in [5.41, 5.74) is 0.956. The molecule has 1 fully saturated rings. The van der Waals surface area contributed by atoms with E-state index in [1.807, 2.05) is 12.3 Å². The minimum absolute atomic E-state index is 0. The first-order chi connectivity index (χ1) is 7.24. The van der Waals surface area contributed by atoms with E-state index in [-0.39, 0.29) is 18.3 Å². The van der Waals surface area contributed by atoms with Crippen molar-refractivity contribution in [2.45, 2.75) is 19.8 Å². The molecule has 1 aromatic rings. The summed E-state index contributed by atoms with van der Waals surface area (Å²) in [4.78, 5) is 15.8. The zero-order chi connectivity index (χ0) is 10.7. The number of carbonyl (C=O) groups is 1. The Morgan fingerprint density at radius 2 is 2.56 bits per heavy atom. The molecular formula is C10H16ClN3OS. The molecule has 1 aliphatic heterocycles. The smallest absolute Gasteiger partial charge is 0.226 e. The average molecular weight is 262 g/mol. The van der Waals surface area contributed by atoms with Crippen molar-refractivity contribution in [3.8, 4) is 0 Å².